The number of methoxy groups -OCH3 is 1. The molecule has 0 unspecified atom stereocenters. The second kappa shape index (κ2) is 6.13. The third-order valence-corrected chi connectivity index (χ3v) is 4.01. The zero-order chi connectivity index (χ0) is 15.5. The fourth-order valence-corrected chi connectivity index (χ4v) is 2.79. The quantitative estimate of drug-likeness (QED) is 0.885. The molecule has 1 aliphatic rings. The molecule has 0 spiro atoms. The molecule has 3 rings (SSSR count). The number of nitrogens with zero attached hydrogens (tertiary/aromatic N) is 2. The lowest BCUT2D eigenvalue weighted by molar-refractivity contribution is 0.414. The Morgan fingerprint density at radius 3 is 2.41 bits per heavy atom. The van der Waals surface area contributed by atoms with E-state index in [1.165, 1.54) is 6.07 Å². The van der Waals surface area contributed by atoms with Gasteiger partial charge in [-0.15, -0.1) is 0 Å². The van der Waals surface area contributed by atoms with Crippen molar-refractivity contribution in [2.45, 2.75) is 0 Å². The van der Waals surface area contributed by atoms with E-state index >= 15 is 0 Å². The van der Waals surface area contributed by atoms with Gasteiger partial charge in [0, 0.05) is 43.6 Å². The van der Waals surface area contributed by atoms with Crippen molar-refractivity contribution in [3.63, 3.8) is 0 Å². The van der Waals surface area contributed by atoms with Crippen molar-refractivity contribution >= 4 is 17.1 Å². The van der Waals surface area contributed by atoms with Crippen LogP contribution in [0.2, 0.25) is 0 Å². The first-order valence-corrected chi connectivity index (χ1v) is 7.36. The van der Waals surface area contributed by atoms with Gasteiger partial charge in [0.25, 0.3) is 0 Å². The van der Waals surface area contributed by atoms with Gasteiger partial charge >= 0.3 is 0 Å². The SMILES string of the molecule is COc1cccc(N2CCN(c3ccc(N)cc3F)CC2)c1. The van der Waals surface area contributed by atoms with E-state index in [1.807, 2.05) is 18.2 Å². The van der Waals surface area contributed by atoms with E-state index in [2.05, 4.69) is 15.9 Å². The van der Waals surface area contributed by atoms with Gasteiger partial charge in [0.05, 0.1) is 12.8 Å². The first-order valence-electron chi connectivity index (χ1n) is 7.36. The summed E-state index contributed by atoms with van der Waals surface area (Å²) in [5.41, 5.74) is 7.82. The summed E-state index contributed by atoms with van der Waals surface area (Å²) in [5, 5.41) is 0. The summed E-state index contributed by atoms with van der Waals surface area (Å²) in [6, 6.07) is 12.9. The number of hydrogen-bond donors (Lipinski definition) is 1. The van der Waals surface area contributed by atoms with Gasteiger partial charge in [-0.1, -0.05) is 6.07 Å². The van der Waals surface area contributed by atoms with Crippen molar-refractivity contribution in [2.24, 2.45) is 0 Å². The highest BCUT2D eigenvalue weighted by Gasteiger charge is 2.20. The van der Waals surface area contributed by atoms with Gasteiger partial charge in [0.1, 0.15) is 11.6 Å². The Morgan fingerprint density at radius 2 is 1.73 bits per heavy atom. The molecule has 2 aromatic carbocycles. The number of piperazine rings is 1. The third-order valence-electron chi connectivity index (χ3n) is 4.01. The molecule has 116 valence electrons. The first-order chi connectivity index (χ1) is 10.7. The van der Waals surface area contributed by atoms with Gasteiger partial charge in [-0.25, -0.2) is 4.39 Å². The summed E-state index contributed by atoms with van der Waals surface area (Å²) in [6.45, 7) is 3.24. The summed E-state index contributed by atoms with van der Waals surface area (Å²) in [6.07, 6.45) is 0. The molecule has 0 atom stereocenters. The van der Waals surface area contributed by atoms with Crippen LogP contribution in [0, 0.1) is 5.82 Å². The Hall–Kier alpha value is -2.43. The Bertz CT molecular complexity index is 654. The van der Waals surface area contributed by atoms with Crippen LogP contribution in [0.25, 0.3) is 0 Å². The molecule has 1 aliphatic heterocycles. The molecule has 1 saturated heterocycles. The molecule has 4 nitrogen and oxygen atoms in total. The van der Waals surface area contributed by atoms with Crippen LogP contribution in [0.15, 0.2) is 42.5 Å². The van der Waals surface area contributed by atoms with Crippen LogP contribution >= 0.6 is 0 Å². The van der Waals surface area contributed by atoms with E-state index in [4.69, 9.17) is 10.5 Å². The van der Waals surface area contributed by atoms with Crippen molar-refractivity contribution in [1.29, 1.82) is 0 Å². The Kier molecular flexibility index (Phi) is 4.04. The smallest absolute Gasteiger partial charge is 0.148 e. The van der Waals surface area contributed by atoms with Gasteiger partial charge in [-0.05, 0) is 30.3 Å². The minimum atomic E-state index is -0.255. The monoisotopic (exact) mass is 301 g/mol. The minimum absolute atomic E-state index is 0.255. The fourth-order valence-electron chi connectivity index (χ4n) is 2.79. The van der Waals surface area contributed by atoms with Gasteiger partial charge in [-0.3, -0.25) is 0 Å². The fraction of sp³-hybridized carbons (Fsp3) is 0.294. The summed E-state index contributed by atoms with van der Waals surface area (Å²) in [4.78, 5) is 4.35. The third kappa shape index (κ3) is 2.93. The lowest BCUT2D eigenvalue weighted by atomic mass is 10.2. The summed E-state index contributed by atoms with van der Waals surface area (Å²) >= 11 is 0. The number of benzene rings is 2. The summed E-state index contributed by atoms with van der Waals surface area (Å²) in [5.74, 6) is 0.597. The maximum Gasteiger partial charge on any atom is 0.148 e. The normalized spacial score (nSPS) is 15.0. The average molecular weight is 301 g/mol. The maximum atomic E-state index is 14.0. The second-order valence-corrected chi connectivity index (χ2v) is 5.39. The Labute approximate surface area is 129 Å². The second-order valence-electron chi connectivity index (χ2n) is 5.39. The summed E-state index contributed by atoms with van der Waals surface area (Å²) < 4.78 is 19.3. The topological polar surface area (TPSA) is 41.7 Å². The van der Waals surface area contributed by atoms with E-state index in [0.717, 1.165) is 37.6 Å². The van der Waals surface area contributed by atoms with E-state index in [9.17, 15) is 4.39 Å². The number of rotatable bonds is 3. The lowest BCUT2D eigenvalue weighted by Crippen LogP contribution is -2.46. The standard InChI is InChI=1S/C17H20FN3O/c1-22-15-4-2-3-14(12-15)20-7-9-21(10-8-20)17-6-5-13(19)11-16(17)18/h2-6,11-12H,7-10,19H2,1H3. The van der Waals surface area contributed by atoms with Crippen LogP contribution in [0.3, 0.4) is 0 Å². The Balaban J connectivity index is 1.69. The molecule has 0 aliphatic carbocycles. The molecule has 0 saturated carbocycles. The van der Waals surface area contributed by atoms with Gasteiger partial charge in [0.15, 0.2) is 0 Å². The predicted molar refractivity (Wildman–Crippen MR) is 88.2 cm³/mol. The van der Waals surface area contributed by atoms with E-state index < -0.39 is 0 Å². The number of nitrogen functional groups attached to an aromatic ring is 1. The maximum absolute atomic E-state index is 14.0. The number of anilines is 3. The molecule has 2 N–H and O–H groups in total. The molecule has 1 heterocycles. The highest BCUT2D eigenvalue weighted by molar-refractivity contribution is 5.57. The van der Waals surface area contributed by atoms with Crippen LogP contribution in [0.4, 0.5) is 21.5 Å². The van der Waals surface area contributed by atoms with Gasteiger partial charge in [-0.2, -0.15) is 0 Å². The average Bonchev–Trinajstić information content (AvgIpc) is 2.55. The highest BCUT2D eigenvalue weighted by atomic mass is 19.1. The molecule has 0 amide bonds. The number of nitrogens with two attached hydrogens (primary N) is 1. The number of hydrogen-bond acceptors (Lipinski definition) is 4. The highest BCUT2D eigenvalue weighted by Crippen LogP contribution is 2.26. The van der Waals surface area contributed by atoms with Crippen molar-refractivity contribution in [2.75, 3.05) is 48.8 Å². The van der Waals surface area contributed by atoms with Crippen LogP contribution in [-0.2, 0) is 0 Å². The lowest BCUT2D eigenvalue weighted by Gasteiger charge is -2.37. The number of ether oxygens (including phenoxy) is 1. The van der Waals surface area contributed by atoms with Crippen LogP contribution in [0.5, 0.6) is 5.75 Å². The van der Waals surface area contributed by atoms with E-state index in [1.54, 1.807) is 19.2 Å². The van der Waals surface area contributed by atoms with Crippen molar-refractivity contribution in [1.82, 2.24) is 0 Å². The predicted octanol–water partition coefficient (Wildman–Crippen LogP) is 2.74. The molecule has 0 aromatic heterocycles. The summed E-state index contributed by atoms with van der Waals surface area (Å²) in [7, 11) is 1.67. The molecule has 2 aromatic rings. The van der Waals surface area contributed by atoms with E-state index in [0.29, 0.717) is 11.4 Å². The molecule has 5 heteroatoms. The minimum Gasteiger partial charge on any atom is -0.497 e. The molecule has 0 bridgehead atoms. The van der Waals surface area contributed by atoms with Crippen LogP contribution in [0.1, 0.15) is 0 Å². The van der Waals surface area contributed by atoms with Gasteiger partial charge < -0.3 is 20.3 Å². The van der Waals surface area contributed by atoms with Crippen LogP contribution < -0.4 is 20.3 Å². The van der Waals surface area contributed by atoms with E-state index in [-0.39, 0.29) is 5.82 Å². The van der Waals surface area contributed by atoms with Crippen molar-refractivity contribution in [3.05, 3.63) is 48.3 Å². The zero-order valence-electron chi connectivity index (χ0n) is 12.6. The number of halogens is 1. The molecular weight excluding hydrogens is 281 g/mol. The Morgan fingerprint density at radius 1 is 1.00 bits per heavy atom. The van der Waals surface area contributed by atoms with Gasteiger partial charge in [0.2, 0.25) is 0 Å². The molecule has 1 fully saturated rings. The molecular formula is C17H20FN3O. The van der Waals surface area contributed by atoms with Crippen molar-refractivity contribution < 1.29 is 9.13 Å². The molecule has 0 radical (unpaired) electrons. The van der Waals surface area contributed by atoms with Crippen molar-refractivity contribution in [3.8, 4) is 5.75 Å². The largest absolute Gasteiger partial charge is 0.497 e. The molecule has 22 heavy (non-hydrogen) atoms. The van der Waals surface area contributed by atoms with Crippen LogP contribution in [-0.4, -0.2) is 33.3 Å². The first kappa shape index (κ1) is 14.5. The zero-order valence-corrected chi connectivity index (χ0v) is 12.6.